The Morgan fingerprint density at radius 1 is 1.82 bits per heavy atom. The number of carbonyl (C=O) groups is 1. The fourth-order valence-corrected chi connectivity index (χ4v) is 1.06. The van der Waals surface area contributed by atoms with Gasteiger partial charge in [-0.15, -0.1) is 0 Å². The van der Waals surface area contributed by atoms with Gasteiger partial charge in [0, 0.05) is 12.6 Å². The third-order valence-corrected chi connectivity index (χ3v) is 1.60. The fraction of sp³-hybridized carbons (Fsp3) is 0.833. The Hall–Kier alpha value is 0.390. The van der Waals surface area contributed by atoms with Crippen LogP contribution in [0, 0.1) is 0 Å². The molecule has 1 heterocycles. The Labute approximate surface area is 89.5 Å². The molecule has 0 bridgehead atoms. The molecule has 0 aromatic heterocycles. The van der Waals surface area contributed by atoms with E-state index < -0.39 is 5.97 Å². The first-order valence-corrected chi connectivity index (χ1v) is 3.45. The van der Waals surface area contributed by atoms with E-state index in [2.05, 4.69) is 10.6 Å². The number of aliphatic carboxylic acids is 1. The van der Waals surface area contributed by atoms with Gasteiger partial charge >= 0.3 is 35.5 Å². The molecule has 1 unspecified atom stereocenters. The van der Waals surface area contributed by atoms with Gasteiger partial charge in [-0.2, -0.15) is 0 Å². The summed E-state index contributed by atoms with van der Waals surface area (Å²) in [5.74, 6) is -0.785. The van der Waals surface area contributed by atoms with Crippen LogP contribution in [0.25, 0.3) is 0 Å². The smallest absolute Gasteiger partial charge is 1.00 e. The minimum Gasteiger partial charge on any atom is -1.00 e. The Morgan fingerprint density at radius 3 is 3.00 bits per heavy atom. The van der Waals surface area contributed by atoms with E-state index in [1.165, 1.54) is 0 Å². The summed E-state index contributed by atoms with van der Waals surface area (Å²) in [5.41, 5.74) is 0. The molecule has 0 radical (unpaired) electrons. The number of hydrogen-bond acceptors (Lipinski definition) is 3. The normalized spacial score (nSPS) is 22.7. The fourth-order valence-electron chi connectivity index (χ4n) is 1.06. The van der Waals surface area contributed by atoms with Crippen LogP contribution in [0.1, 0.15) is 7.85 Å². The van der Waals surface area contributed by atoms with Crippen molar-refractivity contribution in [2.75, 3.05) is 19.6 Å². The van der Waals surface area contributed by atoms with Crippen molar-refractivity contribution in [1.29, 1.82) is 0 Å². The van der Waals surface area contributed by atoms with E-state index in [0.717, 1.165) is 19.5 Å². The maximum Gasteiger partial charge on any atom is 1.00 e. The molecule has 11 heavy (non-hydrogen) atoms. The van der Waals surface area contributed by atoms with E-state index in [4.69, 9.17) is 5.11 Å². The molecule has 0 aliphatic carbocycles. The van der Waals surface area contributed by atoms with Gasteiger partial charge in [0.1, 0.15) is 0 Å². The third-order valence-electron chi connectivity index (χ3n) is 1.60. The van der Waals surface area contributed by atoms with Crippen LogP contribution in [0.3, 0.4) is 0 Å². The maximum atomic E-state index is 10.1. The standard InChI is InChI=1S/C6H12N2O2.Na.H/c9-6(10)4-8-5-1-2-7-3-5;;/h5,7-8H,1-4H2,(H,9,10);;/q;+1;-1. The van der Waals surface area contributed by atoms with Gasteiger partial charge in [-0.05, 0) is 13.0 Å². The van der Waals surface area contributed by atoms with Gasteiger partial charge in [0.25, 0.3) is 0 Å². The molecule has 0 spiro atoms. The molecule has 1 aliphatic rings. The second-order valence-electron chi connectivity index (χ2n) is 2.46. The van der Waals surface area contributed by atoms with Crippen molar-refractivity contribution in [2.24, 2.45) is 0 Å². The quantitative estimate of drug-likeness (QED) is 0.377. The molecule has 1 saturated heterocycles. The van der Waals surface area contributed by atoms with Crippen molar-refractivity contribution in [2.45, 2.75) is 12.5 Å². The van der Waals surface area contributed by atoms with Gasteiger partial charge in [0.2, 0.25) is 0 Å². The number of nitrogens with one attached hydrogen (secondary N) is 2. The Balaban J connectivity index is 0. The number of carboxylic acids is 1. The summed E-state index contributed by atoms with van der Waals surface area (Å²) in [6.07, 6.45) is 1.03. The van der Waals surface area contributed by atoms with E-state index in [1.807, 2.05) is 0 Å². The second-order valence-corrected chi connectivity index (χ2v) is 2.46. The maximum absolute atomic E-state index is 10.1. The zero-order chi connectivity index (χ0) is 7.40. The molecule has 3 N–H and O–H groups in total. The summed E-state index contributed by atoms with van der Waals surface area (Å²) < 4.78 is 0. The van der Waals surface area contributed by atoms with Gasteiger partial charge in [-0.25, -0.2) is 0 Å². The van der Waals surface area contributed by atoms with E-state index in [0.29, 0.717) is 6.04 Å². The van der Waals surface area contributed by atoms with Crippen molar-refractivity contribution in [1.82, 2.24) is 10.6 Å². The van der Waals surface area contributed by atoms with Crippen molar-refractivity contribution < 1.29 is 40.9 Å². The van der Waals surface area contributed by atoms with Crippen molar-refractivity contribution >= 4 is 5.97 Å². The van der Waals surface area contributed by atoms with Crippen LogP contribution in [-0.4, -0.2) is 36.8 Å². The largest absolute Gasteiger partial charge is 1.00 e. The SMILES string of the molecule is O=C(O)CNC1CCNC1.[H-].[Na+]. The summed E-state index contributed by atoms with van der Waals surface area (Å²) in [4.78, 5) is 10.1. The molecular formula is C6H13N2NaO2. The molecule has 1 rings (SSSR count). The summed E-state index contributed by atoms with van der Waals surface area (Å²) in [7, 11) is 0. The summed E-state index contributed by atoms with van der Waals surface area (Å²) in [5, 5.41) is 14.4. The minimum atomic E-state index is -0.785. The number of rotatable bonds is 3. The van der Waals surface area contributed by atoms with E-state index in [1.54, 1.807) is 0 Å². The van der Waals surface area contributed by atoms with E-state index >= 15 is 0 Å². The topological polar surface area (TPSA) is 61.4 Å². The van der Waals surface area contributed by atoms with Crippen LogP contribution in [0.4, 0.5) is 0 Å². The van der Waals surface area contributed by atoms with Crippen LogP contribution >= 0.6 is 0 Å². The van der Waals surface area contributed by atoms with Crippen molar-refractivity contribution in [3.05, 3.63) is 0 Å². The first-order chi connectivity index (χ1) is 4.79. The summed E-state index contributed by atoms with van der Waals surface area (Å²) in [6, 6.07) is 0.357. The van der Waals surface area contributed by atoms with Gasteiger partial charge in [0.15, 0.2) is 0 Å². The minimum absolute atomic E-state index is 0. The third kappa shape index (κ3) is 4.76. The molecule has 60 valence electrons. The molecule has 1 atom stereocenters. The van der Waals surface area contributed by atoms with Crippen LogP contribution in [0.2, 0.25) is 0 Å². The van der Waals surface area contributed by atoms with Crippen molar-refractivity contribution in [3.8, 4) is 0 Å². The van der Waals surface area contributed by atoms with E-state index in [9.17, 15) is 4.79 Å². The first-order valence-electron chi connectivity index (χ1n) is 3.45. The van der Waals surface area contributed by atoms with Crippen LogP contribution < -0.4 is 40.2 Å². The van der Waals surface area contributed by atoms with Crippen LogP contribution in [0.5, 0.6) is 0 Å². The molecule has 1 fully saturated rings. The zero-order valence-corrected chi connectivity index (χ0v) is 8.76. The molecule has 0 aromatic rings. The van der Waals surface area contributed by atoms with E-state index in [-0.39, 0.29) is 37.5 Å². The monoisotopic (exact) mass is 168 g/mol. The van der Waals surface area contributed by atoms with Gasteiger partial charge < -0.3 is 17.2 Å². The van der Waals surface area contributed by atoms with Crippen LogP contribution in [-0.2, 0) is 4.79 Å². The average Bonchev–Trinajstić information content (AvgIpc) is 2.34. The Bertz CT molecular complexity index is 131. The predicted octanol–water partition coefficient (Wildman–Crippen LogP) is -3.86. The van der Waals surface area contributed by atoms with Crippen molar-refractivity contribution in [3.63, 3.8) is 0 Å². The second kappa shape index (κ2) is 5.97. The Morgan fingerprint density at radius 2 is 2.55 bits per heavy atom. The van der Waals surface area contributed by atoms with Gasteiger partial charge in [-0.3, -0.25) is 4.79 Å². The molecule has 0 saturated carbocycles. The first kappa shape index (κ1) is 11.4. The summed E-state index contributed by atoms with van der Waals surface area (Å²) in [6.45, 7) is 1.97. The number of hydrogen-bond donors (Lipinski definition) is 3. The summed E-state index contributed by atoms with van der Waals surface area (Å²) >= 11 is 0. The molecule has 0 amide bonds. The molecular weight excluding hydrogens is 155 g/mol. The van der Waals surface area contributed by atoms with Crippen LogP contribution in [0.15, 0.2) is 0 Å². The average molecular weight is 168 g/mol. The molecule has 4 nitrogen and oxygen atoms in total. The molecule has 0 aromatic carbocycles. The zero-order valence-electron chi connectivity index (χ0n) is 7.76. The predicted molar refractivity (Wildman–Crippen MR) is 38.0 cm³/mol. The molecule has 1 aliphatic heterocycles. The number of carboxylic acid groups (broad SMARTS) is 1. The Kier molecular flexibility index (Phi) is 6.18. The van der Waals surface area contributed by atoms with Gasteiger partial charge in [0.05, 0.1) is 6.54 Å². The van der Waals surface area contributed by atoms with Gasteiger partial charge in [-0.1, -0.05) is 0 Å². The molecule has 5 heteroatoms.